The number of rotatable bonds is 16. The Hall–Kier alpha value is -1.46. The number of hydrogen-bond acceptors (Lipinski definition) is 7. The van der Waals surface area contributed by atoms with Crippen molar-refractivity contribution in [3.8, 4) is 23.0 Å². The molecule has 0 saturated heterocycles. The molecule has 0 spiro atoms. The zero-order chi connectivity index (χ0) is 44.2. The van der Waals surface area contributed by atoms with Gasteiger partial charge in [0.05, 0.1) is 24.4 Å². The molecule has 7 nitrogen and oxygen atoms in total. The lowest BCUT2D eigenvalue weighted by molar-refractivity contribution is -0.00311. The standard InChI is InChI=1S/C53H84O7P2/c1-32(2)42-23-19-36(9)27-48(42)57-61(58-49-28-37(10)20-24-43(49)33(3)4)55-46-17-13-15-40-31-41-16-14-18-47(53(41)54-52(40)46)56-62(59-50-29-38(11)21-25-44(50)34(5)6)60-51-30-39(12)22-26-45(51)35(7)8/h13-18,32-39,42-45,48-51H,19-31H2,1-12H3/t36-,37-,38-,39-,42+,43+,44+,45?,48-,49-,50-,51-,62?/m1/s1. The van der Waals surface area contributed by atoms with Crippen molar-refractivity contribution < 1.29 is 31.9 Å². The van der Waals surface area contributed by atoms with Gasteiger partial charge in [-0.25, -0.2) is 0 Å². The summed E-state index contributed by atoms with van der Waals surface area (Å²) in [5, 5.41) is 0. The highest BCUT2D eigenvalue weighted by Crippen LogP contribution is 2.57. The van der Waals surface area contributed by atoms with Gasteiger partial charge in [-0.15, -0.1) is 0 Å². The van der Waals surface area contributed by atoms with Gasteiger partial charge in [0.15, 0.2) is 23.0 Å². The van der Waals surface area contributed by atoms with Crippen molar-refractivity contribution in [2.75, 3.05) is 0 Å². The second-order valence-corrected chi connectivity index (χ2v) is 24.4. The maximum atomic E-state index is 7.16. The Balaban J connectivity index is 1.18. The number of fused-ring (bicyclic) bond motifs is 2. The smallest absolute Gasteiger partial charge is 0.397 e. The van der Waals surface area contributed by atoms with Gasteiger partial charge in [0, 0.05) is 17.5 Å². The van der Waals surface area contributed by atoms with Gasteiger partial charge < -0.3 is 13.8 Å². The Kier molecular flexibility index (Phi) is 17.1. The minimum absolute atomic E-state index is 0.0914. The molecule has 4 saturated carbocycles. The molecule has 1 aliphatic heterocycles. The fourth-order valence-corrected chi connectivity index (χ4v) is 14.5. The SMILES string of the molecule is CC(C)C1CC[C@@H](C)C[C@H]1OP(Oc1cccc2c1Oc1c(cccc1OP(O[C@@H]1C[C@H](C)CC[C@H]1C(C)C)O[C@@H]1C[C@H](C)CC[C@H]1C(C)C)C2)O[C@@H]1C[C@H](C)CC[C@H]1C(C)C. The zero-order valence-electron chi connectivity index (χ0n) is 40.6. The van der Waals surface area contributed by atoms with Gasteiger partial charge in [0.25, 0.3) is 0 Å². The van der Waals surface area contributed by atoms with E-state index in [4.69, 9.17) is 31.9 Å². The summed E-state index contributed by atoms with van der Waals surface area (Å²) in [7, 11) is -3.45. The third-order valence-electron chi connectivity index (χ3n) is 15.8. The minimum atomic E-state index is -1.72. The average Bonchev–Trinajstić information content (AvgIpc) is 3.20. The van der Waals surface area contributed by atoms with Crippen LogP contribution in [0.5, 0.6) is 23.0 Å². The summed E-state index contributed by atoms with van der Waals surface area (Å²) in [5.41, 5.74) is 2.17. The van der Waals surface area contributed by atoms with E-state index in [0.29, 0.717) is 88.9 Å². The molecule has 13 atom stereocenters. The molecule has 0 radical (unpaired) electrons. The molecule has 9 heteroatoms. The first-order chi connectivity index (χ1) is 29.6. The van der Waals surface area contributed by atoms with E-state index in [0.717, 1.165) is 48.3 Å². The van der Waals surface area contributed by atoms with Crippen molar-refractivity contribution in [3.63, 3.8) is 0 Å². The summed E-state index contributed by atoms with van der Waals surface area (Å²) in [5.74, 6) is 9.24. The summed E-state index contributed by atoms with van der Waals surface area (Å²) in [6, 6.07) is 12.6. The van der Waals surface area contributed by atoms with Gasteiger partial charge in [-0.05, 0) is 135 Å². The second kappa shape index (κ2) is 21.9. The first kappa shape index (κ1) is 48.5. The molecule has 0 bridgehead atoms. The largest absolute Gasteiger partial charge is 0.449 e. The number of para-hydroxylation sites is 2. The lowest BCUT2D eigenvalue weighted by atomic mass is 9.75. The summed E-state index contributed by atoms with van der Waals surface area (Å²) in [6.45, 7) is 28.2. The Morgan fingerprint density at radius 2 is 0.726 bits per heavy atom. The van der Waals surface area contributed by atoms with Crippen LogP contribution in [0.1, 0.15) is 171 Å². The van der Waals surface area contributed by atoms with E-state index in [2.05, 4.69) is 107 Å². The minimum Gasteiger partial charge on any atom is -0.449 e. The summed E-state index contributed by atoms with van der Waals surface area (Å²) < 4.78 is 49.9. The van der Waals surface area contributed by atoms with E-state index in [1.54, 1.807) is 0 Å². The molecule has 0 aromatic heterocycles. The monoisotopic (exact) mass is 895 g/mol. The normalized spacial score (nSPS) is 33.4. The van der Waals surface area contributed by atoms with E-state index in [-0.39, 0.29) is 24.4 Å². The van der Waals surface area contributed by atoms with Gasteiger partial charge in [-0.2, -0.15) is 0 Å². The highest BCUT2D eigenvalue weighted by atomic mass is 31.2. The molecule has 4 fully saturated rings. The van der Waals surface area contributed by atoms with E-state index < -0.39 is 17.2 Å². The van der Waals surface area contributed by atoms with Crippen molar-refractivity contribution >= 4 is 17.2 Å². The molecule has 62 heavy (non-hydrogen) atoms. The molecule has 2 aromatic carbocycles. The zero-order valence-corrected chi connectivity index (χ0v) is 42.4. The van der Waals surface area contributed by atoms with Gasteiger partial charge in [-0.1, -0.05) is 133 Å². The predicted molar refractivity (Wildman–Crippen MR) is 256 cm³/mol. The fraction of sp³-hybridized carbons (Fsp3) is 0.774. The Labute approximate surface area is 380 Å². The molecular formula is C53H84O7P2. The molecule has 2 unspecified atom stereocenters. The van der Waals surface area contributed by atoms with Crippen LogP contribution in [-0.4, -0.2) is 24.4 Å². The Morgan fingerprint density at radius 3 is 1.00 bits per heavy atom. The molecular weight excluding hydrogens is 811 g/mol. The van der Waals surface area contributed by atoms with Gasteiger partial charge >= 0.3 is 17.2 Å². The van der Waals surface area contributed by atoms with Gasteiger partial charge in [-0.3, -0.25) is 18.1 Å². The third-order valence-corrected chi connectivity index (χ3v) is 18.2. The molecule has 0 N–H and O–H groups in total. The van der Waals surface area contributed by atoms with Crippen molar-refractivity contribution in [2.45, 2.75) is 191 Å². The van der Waals surface area contributed by atoms with Crippen LogP contribution in [0, 0.1) is 71.0 Å². The lowest BCUT2D eigenvalue weighted by Gasteiger charge is -2.41. The number of hydrogen-bond donors (Lipinski definition) is 0. The van der Waals surface area contributed by atoms with Crippen molar-refractivity contribution in [3.05, 3.63) is 47.5 Å². The molecule has 5 aliphatic rings. The van der Waals surface area contributed by atoms with Crippen LogP contribution >= 0.6 is 17.2 Å². The average molecular weight is 895 g/mol. The summed E-state index contributed by atoms with van der Waals surface area (Å²) in [4.78, 5) is 0. The van der Waals surface area contributed by atoms with Crippen LogP contribution in [0.4, 0.5) is 0 Å². The molecule has 1 heterocycles. The van der Waals surface area contributed by atoms with E-state index in [9.17, 15) is 0 Å². The van der Waals surface area contributed by atoms with Crippen molar-refractivity contribution in [1.82, 2.24) is 0 Å². The van der Waals surface area contributed by atoms with Crippen LogP contribution in [0.3, 0.4) is 0 Å². The van der Waals surface area contributed by atoms with Crippen LogP contribution in [0.25, 0.3) is 0 Å². The maximum absolute atomic E-state index is 7.16. The van der Waals surface area contributed by atoms with E-state index in [1.807, 2.05) is 12.1 Å². The number of benzene rings is 2. The Morgan fingerprint density at radius 1 is 0.435 bits per heavy atom. The van der Waals surface area contributed by atoms with E-state index >= 15 is 0 Å². The quantitative estimate of drug-likeness (QED) is 0.133. The second-order valence-electron chi connectivity index (χ2n) is 22.3. The van der Waals surface area contributed by atoms with Crippen LogP contribution in [0.15, 0.2) is 36.4 Å². The third kappa shape index (κ3) is 12.1. The van der Waals surface area contributed by atoms with Crippen LogP contribution in [0.2, 0.25) is 0 Å². The first-order valence-corrected chi connectivity index (χ1v) is 27.4. The molecule has 2 aromatic rings. The van der Waals surface area contributed by atoms with Crippen LogP contribution in [-0.2, 0) is 24.5 Å². The topological polar surface area (TPSA) is 64.6 Å². The highest BCUT2D eigenvalue weighted by molar-refractivity contribution is 7.42. The molecule has 7 rings (SSSR count). The van der Waals surface area contributed by atoms with Crippen molar-refractivity contribution in [1.29, 1.82) is 0 Å². The molecule has 348 valence electrons. The summed E-state index contributed by atoms with van der Waals surface area (Å²) >= 11 is 0. The van der Waals surface area contributed by atoms with Crippen molar-refractivity contribution in [2.24, 2.45) is 71.0 Å². The maximum Gasteiger partial charge on any atom is 0.397 e. The fourth-order valence-electron chi connectivity index (χ4n) is 11.8. The van der Waals surface area contributed by atoms with Gasteiger partial charge in [0.1, 0.15) is 0 Å². The lowest BCUT2D eigenvalue weighted by Crippen LogP contribution is -2.36. The van der Waals surface area contributed by atoms with E-state index in [1.165, 1.54) is 51.4 Å². The Bertz CT molecular complexity index is 1530. The summed E-state index contributed by atoms with van der Waals surface area (Å²) in [6.07, 6.45) is 14.9. The number of ether oxygens (including phenoxy) is 1. The molecule has 0 amide bonds. The molecule has 4 aliphatic carbocycles. The van der Waals surface area contributed by atoms with Crippen LogP contribution < -0.4 is 13.8 Å². The predicted octanol–water partition coefficient (Wildman–Crippen LogP) is 16.5. The highest BCUT2D eigenvalue weighted by Gasteiger charge is 2.42. The van der Waals surface area contributed by atoms with Gasteiger partial charge in [0.2, 0.25) is 0 Å². The first-order valence-electron chi connectivity index (χ1n) is 25.2.